The van der Waals surface area contributed by atoms with Crippen molar-refractivity contribution in [1.82, 2.24) is 0 Å². The standard InChI is InChI=1S/C24H23NO3/c1-18(20-12-9-15-22(17-20)28-2)16-23(26)25(21-13-7-4-8-14-21)24(27)19-10-5-3-6-11-19/h3-15,17-18H,16H2,1-2H3. The molecule has 142 valence electrons. The van der Waals surface area contributed by atoms with Crippen LogP contribution in [0.1, 0.15) is 35.2 Å². The van der Waals surface area contributed by atoms with Crippen LogP contribution in [0, 0.1) is 0 Å². The number of amides is 2. The molecule has 3 aromatic rings. The predicted molar refractivity (Wildman–Crippen MR) is 111 cm³/mol. The summed E-state index contributed by atoms with van der Waals surface area (Å²) in [5.74, 6) is 0.125. The Hall–Kier alpha value is -3.40. The van der Waals surface area contributed by atoms with Crippen LogP contribution in [0.3, 0.4) is 0 Å². The second-order valence-corrected chi connectivity index (χ2v) is 6.62. The lowest BCUT2D eigenvalue weighted by Crippen LogP contribution is -2.37. The molecule has 0 saturated heterocycles. The van der Waals surface area contributed by atoms with Crippen LogP contribution in [0.5, 0.6) is 5.75 Å². The topological polar surface area (TPSA) is 46.6 Å². The van der Waals surface area contributed by atoms with E-state index in [1.807, 2.05) is 55.5 Å². The number of imide groups is 1. The smallest absolute Gasteiger partial charge is 0.265 e. The molecule has 4 nitrogen and oxygen atoms in total. The molecule has 1 unspecified atom stereocenters. The molecular formula is C24H23NO3. The van der Waals surface area contributed by atoms with E-state index in [9.17, 15) is 9.59 Å². The minimum atomic E-state index is -0.324. The lowest BCUT2D eigenvalue weighted by atomic mass is 9.96. The monoisotopic (exact) mass is 373 g/mol. The summed E-state index contributed by atoms with van der Waals surface area (Å²) in [5, 5.41) is 0. The number of rotatable bonds is 6. The molecule has 0 fully saturated rings. The van der Waals surface area contributed by atoms with Gasteiger partial charge in [0.1, 0.15) is 5.75 Å². The molecule has 0 aliphatic rings. The highest BCUT2D eigenvalue weighted by molar-refractivity contribution is 6.21. The van der Waals surface area contributed by atoms with E-state index in [0.29, 0.717) is 11.3 Å². The molecule has 0 aliphatic heterocycles. The van der Waals surface area contributed by atoms with Crippen molar-refractivity contribution in [3.8, 4) is 5.75 Å². The van der Waals surface area contributed by atoms with Crippen molar-refractivity contribution in [2.75, 3.05) is 12.0 Å². The first-order valence-corrected chi connectivity index (χ1v) is 9.21. The van der Waals surface area contributed by atoms with E-state index in [1.165, 1.54) is 4.90 Å². The molecule has 0 saturated carbocycles. The quantitative estimate of drug-likeness (QED) is 0.606. The van der Waals surface area contributed by atoms with Gasteiger partial charge in [-0.25, -0.2) is 4.90 Å². The lowest BCUT2D eigenvalue weighted by Gasteiger charge is -2.23. The van der Waals surface area contributed by atoms with Gasteiger partial charge in [-0.3, -0.25) is 9.59 Å². The zero-order chi connectivity index (χ0) is 19.9. The molecular weight excluding hydrogens is 350 g/mol. The fourth-order valence-electron chi connectivity index (χ4n) is 3.08. The number of methoxy groups -OCH3 is 1. The van der Waals surface area contributed by atoms with Crippen LogP contribution < -0.4 is 9.64 Å². The van der Waals surface area contributed by atoms with Gasteiger partial charge in [0.2, 0.25) is 5.91 Å². The average molecular weight is 373 g/mol. The van der Waals surface area contributed by atoms with Crippen molar-refractivity contribution >= 4 is 17.5 Å². The minimum absolute atomic E-state index is 0.0580. The second kappa shape index (κ2) is 9.00. The third-order valence-corrected chi connectivity index (χ3v) is 4.63. The van der Waals surface area contributed by atoms with E-state index < -0.39 is 0 Å². The SMILES string of the molecule is COc1cccc(C(C)CC(=O)N(C(=O)c2ccccc2)c2ccccc2)c1. The largest absolute Gasteiger partial charge is 0.497 e. The first-order chi connectivity index (χ1) is 13.6. The number of para-hydroxylation sites is 1. The maximum absolute atomic E-state index is 13.2. The third-order valence-electron chi connectivity index (χ3n) is 4.63. The van der Waals surface area contributed by atoms with Crippen molar-refractivity contribution < 1.29 is 14.3 Å². The molecule has 2 amide bonds. The minimum Gasteiger partial charge on any atom is -0.497 e. The van der Waals surface area contributed by atoms with Crippen LogP contribution in [0.25, 0.3) is 0 Å². The van der Waals surface area contributed by atoms with E-state index in [-0.39, 0.29) is 24.2 Å². The number of hydrogen-bond acceptors (Lipinski definition) is 3. The summed E-state index contributed by atoms with van der Waals surface area (Å²) in [6.07, 6.45) is 0.209. The molecule has 0 heterocycles. The van der Waals surface area contributed by atoms with Crippen molar-refractivity contribution in [3.63, 3.8) is 0 Å². The number of benzene rings is 3. The second-order valence-electron chi connectivity index (χ2n) is 6.62. The van der Waals surface area contributed by atoms with Gasteiger partial charge in [-0.2, -0.15) is 0 Å². The Bertz CT molecular complexity index is 938. The molecule has 0 N–H and O–H groups in total. The maximum Gasteiger partial charge on any atom is 0.265 e. The Kier molecular flexibility index (Phi) is 6.22. The van der Waals surface area contributed by atoms with Gasteiger partial charge in [0, 0.05) is 12.0 Å². The van der Waals surface area contributed by atoms with Crippen LogP contribution in [0.15, 0.2) is 84.9 Å². The molecule has 0 spiro atoms. The Labute approximate surface area is 165 Å². The van der Waals surface area contributed by atoms with E-state index in [4.69, 9.17) is 4.74 Å². The van der Waals surface area contributed by atoms with Gasteiger partial charge < -0.3 is 4.74 Å². The van der Waals surface area contributed by atoms with Gasteiger partial charge in [-0.15, -0.1) is 0 Å². The summed E-state index contributed by atoms with van der Waals surface area (Å²) < 4.78 is 5.27. The zero-order valence-corrected chi connectivity index (χ0v) is 16.0. The van der Waals surface area contributed by atoms with Gasteiger partial charge in [0.05, 0.1) is 12.8 Å². The fourth-order valence-corrected chi connectivity index (χ4v) is 3.08. The Morgan fingerprint density at radius 1 is 0.893 bits per heavy atom. The molecule has 0 aliphatic carbocycles. The summed E-state index contributed by atoms with van der Waals surface area (Å²) in [6, 6.07) is 25.6. The molecule has 1 atom stereocenters. The maximum atomic E-state index is 13.2. The van der Waals surface area contributed by atoms with Crippen LogP contribution in [-0.4, -0.2) is 18.9 Å². The van der Waals surface area contributed by atoms with Crippen molar-refractivity contribution in [2.45, 2.75) is 19.3 Å². The predicted octanol–water partition coefficient (Wildman–Crippen LogP) is 5.06. The number of nitrogens with zero attached hydrogens (tertiary/aromatic N) is 1. The molecule has 28 heavy (non-hydrogen) atoms. The molecule has 0 radical (unpaired) electrons. The molecule has 3 aromatic carbocycles. The number of carbonyl (C=O) groups excluding carboxylic acids is 2. The zero-order valence-electron chi connectivity index (χ0n) is 16.0. The normalized spacial score (nSPS) is 11.5. The van der Waals surface area contributed by atoms with Crippen molar-refractivity contribution in [3.05, 3.63) is 96.1 Å². The number of carbonyl (C=O) groups is 2. The first-order valence-electron chi connectivity index (χ1n) is 9.21. The van der Waals surface area contributed by atoms with Gasteiger partial charge in [0.15, 0.2) is 0 Å². The summed E-state index contributed by atoms with van der Waals surface area (Å²) in [5.41, 5.74) is 2.04. The average Bonchev–Trinajstić information content (AvgIpc) is 2.75. The Morgan fingerprint density at radius 3 is 2.18 bits per heavy atom. The summed E-state index contributed by atoms with van der Waals surface area (Å²) in [4.78, 5) is 27.5. The van der Waals surface area contributed by atoms with E-state index in [1.54, 1.807) is 43.5 Å². The Morgan fingerprint density at radius 2 is 1.54 bits per heavy atom. The van der Waals surface area contributed by atoms with Crippen LogP contribution in [0.4, 0.5) is 5.69 Å². The van der Waals surface area contributed by atoms with Crippen LogP contribution in [-0.2, 0) is 4.79 Å². The lowest BCUT2D eigenvalue weighted by molar-refractivity contribution is -0.118. The first kappa shape index (κ1) is 19.4. The fraction of sp³-hybridized carbons (Fsp3) is 0.167. The highest BCUT2D eigenvalue weighted by Crippen LogP contribution is 2.26. The van der Waals surface area contributed by atoms with Crippen molar-refractivity contribution in [1.29, 1.82) is 0 Å². The summed E-state index contributed by atoms with van der Waals surface area (Å²) in [6.45, 7) is 1.98. The van der Waals surface area contributed by atoms with E-state index >= 15 is 0 Å². The summed E-state index contributed by atoms with van der Waals surface area (Å²) in [7, 11) is 1.62. The number of ether oxygens (including phenoxy) is 1. The van der Waals surface area contributed by atoms with Gasteiger partial charge >= 0.3 is 0 Å². The van der Waals surface area contributed by atoms with Crippen molar-refractivity contribution in [2.24, 2.45) is 0 Å². The summed E-state index contributed by atoms with van der Waals surface area (Å²) >= 11 is 0. The molecule has 4 heteroatoms. The van der Waals surface area contributed by atoms with E-state index in [2.05, 4.69) is 0 Å². The number of anilines is 1. The molecule has 0 aromatic heterocycles. The third kappa shape index (κ3) is 4.46. The van der Waals surface area contributed by atoms with Gasteiger partial charge in [0.25, 0.3) is 5.91 Å². The molecule has 3 rings (SSSR count). The van der Waals surface area contributed by atoms with Gasteiger partial charge in [-0.1, -0.05) is 55.5 Å². The highest BCUT2D eigenvalue weighted by Gasteiger charge is 2.26. The Balaban J connectivity index is 1.87. The van der Waals surface area contributed by atoms with Crippen LogP contribution in [0.2, 0.25) is 0 Å². The number of hydrogen-bond donors (Lipinski definition) is 0. The van der Waals surface area contributed by atoms with Gasteiger partial charge in [-0.05, 0) is 47.9 Å². The molecule has 0 bridgehead atoms. The van der Waals surface area contributed by atoms with E-state index in [0.717, 1.165) is 11.3 Å². The van der Waals surface area contributed by atoms with Crippen LogP contribution >= 0.6 is 0 Å². The highest BCUT2D eigenvalue weighted by atomic mass is 16.5.